The molecule has 0 radical (unpaired) electrons. The zero-order valence-electron chi connectivity index (χ0n) is 18.4. The Morgan fingerprint density at radius 2 is 1.80 bits per heavy atom. The Bertz CT molecular complexity index is 768. The topological polar surface area (TPSA) is 45.2 Å². The van der Waals surface area contributed by atoms with E-state index in [1.54, 1.807) is 7.11 Å². The van der Waals surface area contributed by atoms with Gasteiger partial charge in [-0.1, -0.05) is 36.4 Å². The van der Waals surface area contributed by atoms with Crippen molar-refractivity contribution in [3.05, 3.63) is 59.7 Å². The Morgan fingerprint density at radius 1 is 1.07 bits per heavy atom. The van der Waals surface area contributed by atoms with E-state index in [-0.39, 0.29) is 6.61 Å². The molecule has 0 spiro atoms. The van der Waals surface area contributed by atoms with Crippen LogP contribution in [-0.4, -0.2) is 68.5 Å². The highest BCUT2D eigenvalue weighted by Gasteiger charge is 2.21. The van der Waals surface area contributed by atoms with Gasteiger partial charge in [-0.15, -0.1) is 0 Å². The number of piperidine rings is 1. The highest BCUT2D eigenvalue weighted by Crippen LogP contribution is 2.23. The SMILES string of the molecule is COc1ccccc1CCN1CCC[C@@H](CN(C)Cc2ccccc2OCCO)C1. The molecular weight excluding hydrogens is 376 g/mol. The summed E-state index contributed by atoms with van der Waals surface area (Å²) < 4.78 is 11.2. The number of nitrogens with zero attached hydrogens (tertiary/aromatic N) is 2. The first-order chi connectivity index (χ1) is 14.7. The smallest absolute Gasteiger partial charge is 0.123 e. The Kier molecular flexibility index (Phi) is 9.00. The quantitative estimate of drug-likeness (QED) is 0.612. The van der Waals surface area contributed by atoms with Crippen LogP contribution in [0.4, 0.5) is 0 Å². The second kappa shape index (κ2) is 11.9. The predicted molar refractivity (Wildman–Crippen MR) is 121 cm³/mol. The first kappa shape index (κ1) is 22.6. The van der Waals surface area contributed by atoms with Crippen LogP contribution in [0.15, 0.2) is 48.5 Å². The lowest BCUT2D eigenvalue weighted by Crippen LogP contribution is -2.40. The van der Waals surface area contributed by atoms with E-state index in [0.717, 1.165) is 44.1 Å². The molecule has 30 heavy (non-hydrogen) atoms. The van der Waals surface area contributed by atoms with Crippen molar-refractivity contribution in [1.29, 1.82) is 0 Å². The first-order valence-corrected chi connectivity index (χ1v) is 11.0. The van der Waals surface area contributed by atoms with Crippen LogP contribution < -0.4 is 9.47 Å². The summed E-state index contributed by atoms with van der Waals surface area (Å²) in [5.41, 5.74) is 2.47. The van der Waals surface area contributed by atoms with E-state index in [4.69, 9.17) is 14.6 Å². The van der Waals surface area contributed by atoms with E-state index in [2.05, 4.69) is 41.1 Å². The Balaban J connectivity index is 1.49. The van der Waals surface area contributed by atoms with Gasteiger partial charge in [-0.2, -0.15) is 0 Å². The van der Waals surface area contributed by atoms with Crippen molar-refractivity contribution in [2.45, 2.75) is 25.8 Å². The molecule has 1 N–H and O–H groups in total. The molecule has 1 atom stereocenters. The molecular formula is C25H36N2O3. The molecule has 5 heteroatoms. The van der Waals surface area contributed by atoms with Crippen LogP contribution in [0.3, 0.4) is 0 Å². The molecule has 0 aromatic heterocycles. The fraction of sp³-hybridized carbons (Fsp3) is 0.520. The molecule has 2 aromatic rings. The normalized spacial score (nSPS) is 17.3. The second-order valence-electron chi connectivity index (χ2n) is 8.25. The number of aliphatic hydroxyl groups excluding tert-OH is 1. The first-order valence-electron chi connectivity index (χ1n) is 11.0. The molecule has 1 fully saturated rings. The molecule has 0 unspecified atom stereocenters. The maximum atomic E-state index is 9.04. The molecule has 0 aliphatic carbocycles. The number of rotatable bonds is 11. The number of methoxy groups -OCH3 is 1. The van der Waals surface area contributed by atoms with Crippen molar-refractivity contribution in [1.82, 2.24) is 9.80 Å². The Labute approximate surface area is 181 Å². The van der Waals surface area contributed by atoms with Crippen molar-refractivity contribution in [2.24, 2.45) is 5.92 Å². The number of hydrogen-bond donors (Lipinski definition) is 1. The zero-order chi connectivity index (χ0) is 21.2. The lowest BCUT2D eigenvalue weighted by Gasteiger charge is -2.35. The van der Waals surface area contributed by atoms with Crippen molar-refractivity contribution < 1.29 is 14.6 Å². The molecule has 2 aromatic carbocycles. The molecule has 1 saturated heterocycles. The summed E-state index contributed by atoms with van der Waals surface area (Å²) in [5.74, 6) is 2.56. The van der Waals surface area contributed by atoms with Crippen molar-refractivity contribution in [2.75, 3.05) is 53.6 Å². The maximum Gasteiger partial charge on any atom is 0.123 e. The fourth-order valence-electron chi connectivity index (χ4n) is 4.42. The van der Waals surface area contributed by atoms with Crippen LogP contribution in [0, 0.1) is 5.92 Å². The van der Waals surface area contributed by atoms with Crippen molar-refractivity contribution in [3.8, 4) is 11.5 Å². The standard InChI is InChI=1S/C25H36N2O3/c1-26(20-23-10-4-6-12-25(23)30-17-16-28)18-21-8-7-14-27(19-21)15-13-22-9-3-5-11-24(22)29-2/h3-6,9-12,21,28H,7-8,13-20H2,1-2H3/t21-/m0/s1. The molecule has 0 bridgehead atoms. The summed E-state index contributed by atoms with van der Waals surface area (Å²) >= 11 is 0. The Morgan fingerprint density at radius 3 is 2.57 bits per heavy atom. The van der Waals surface area contributed by atoms with Gasteiger partial charge in [0.15, 0.2) is 0 Å². The van der Waals surface area contributed by atoms with Crippen molar-refractivity contribution in [3.63, 3.8) is 0 Å². The molecule has 3 rings (SSSR count). The number of aliphatic hydroxyl groups is 1. The maximum absolute atomic E-state index is 9.04. The van der Waals surface area contributed by atoms with Crippen LogP contribution in [0.25, 0.3) is 0 Å². The molecule has 0 amide bonds. The van der Waals surface area contributed by atoms with Gasteiger partial charge in [-0.05, 0) is 56.5 Å². The third-order valence-electron chi connectivity index (χ3n) is 5.82. The third kappa shape index (κ3) is 6.73. The summed E-state index contributed by atoms with van der Waals surface area (Å²) in [6, 6.07) is 16.5. The summed E-state index contributed by atoms with van der Waals surface area (Å²) in [4.78, 5) is 5.00. The third-order valence-corrected chi connectivity index (χ3v) is 5.82. The van der Waals surface area contributed by atoms with Gasteiger partial charge in [0.05, 0.1) is 13.7 Å². The number of para-hydroxylation sites is 2. The van der Waals surface area contributed by atoms with Gasteiger partial charge in [0.25, 0.3) is 0 Å². The van der Waals surface area contributed by atoms with Gasteiger partial charge in [0.1, 0.15) is 18.1 Å². The highest BCUT2D eigenvalue weighted by atomic mass is 16.5. The minimum Gasteiger partial charge on any atom is -0.496 e. The second-order valence-corrected chi connectivity index (χ2v) is 8.25. The fourth-order valence-corrected chi connectivity index (χ4v) is 4.42. The number of ether oxygens (including phenoxy) is 2. The molecule has 5 nitrogen and oxygen atoms in total. The van der Waals surface area contributed by atoms with Gasteiger partial charge in [-0.3, -0.25) is 0 Å². The Hall–Kier alpha value is -2.08. The molecule has 164 valence electrons. The van der Waals surface area contributed by atoms with Gasteiger partial charge in [0.2, 0.25) is 0 Å². The van der Waals surface area contributed by atoms with Crippen molar-refractivity contribution >= 4 is 0 Å². The van der Waals surface area contributed by atoms with Crippen LogP contribution in [-0.2, 0) is 13.0 Å². The summed E-state index contributed by atoms with van der Waals surface area (Å²) in [6.45, 7) is 5.74. The number of likely N-dealkylation sites (tertiary alicyclic amines) is 1. The largest absolute Gasteiger partial charge is 0.496 e. The summed E-state index contributed by atoms with van der Waals surface area (Å²) in [7, 11) is 3.94. The predicted octanol–water partition coefficient (Wildman–Crippen LogP) is 3.45. The number of benzene rings is 2. The van der Waals surface area contributed by atoms with Crippen LogP contribution in [0.1, 0.15) is 24.0 Å². The van der Waals surface area contributed by atoms with E-state index in [1.807, 2.05) is 24.3 Å². The average Bonchev–Trinajstić information content (AvgIpc) is 2.77. The number of hydrogen-bond acceptors (Lipinski definition) is 5. The lowest BCUT2D eigenvalue weighted by molar-refractivity contribution is 0.141. The highest BCUT2D eigenvalue weighted by molar-refractivity contribution is 5.34. The van der Waals surface area contributed by atoms with E-state index in [0.29, 0.717) is 12.5 Å². The zero-order valence-corrected chi connectivity index (χ0v) is 18.4. The van der Waals surface area contributed by atoms with Crippen LogP contribution >= 0.6 is 0 Å². The van der Waals surface area contributed by atoms with E-state index >= 15 is 0 Å². The minimum atomic E-state index is 0.0386. The molecule has 0 saturated carbocycles. The van der Waals surface area contributed by atoms with Gasteiger partial charge in [0, 0.05) is 31.7 Å². The molecule has 1 aliphatic rings. The average molecular weight is 413 g/mol. The lowest BCUT2D eigenvalue weighted by atomic mass is 9.96. The minimum absolute atomic E-state index is 0.0386. The van der Waals surface area contributed by atoms with E-state index in [9.17, 15) is 0 Å². The van der Waals surface area contributed by atoms with Crippen LogP contribution in [0.5, 0.6) is 11.5 Å². The molecule has 1 heterocycles. The van der Waals surface area contributed by atoms with Crippen LogP contribution in [0.2, 0.25) is 0 Å². The van der Waals surface area contributed by atoms with Gasteiger partial charge < -0.3 is 24.4 Å². The monoisotopic (exact) mass is 412 g/mol. The van der Waals surface area contributed by atoms with Gasteiger partial charge >= 0.3 is 0 Å². The van der Waals surface area contributed by atoms with Gasteiger partial charge in [-0.25, -0.2) is 0 Å². The summed E-state index contributed by atoms with van der Waals surface area (Å²) in [5, 5.41) is 9.04. The summed E-state index contributed by atoms with van der Waals surface area (Å²) in [6.07, 6.45) is 3.58. The van der Waals surface area contributed by atoms with E-state index in [1.165, 1.54) is 30.5 Å². The molecule has 1 aliphatic heterocycles. The van der Waals surface area contributed by atoms with E-state index < -0.39 is 0 Å².